The number of anilines is 1. The second-order valence-electron chi connectivity index (χ2n) is 7.15. The van der Waals surface area contributed by atoms with E-state index in [1.807, 2.05) is 0 Å². The van der Waals surface area contributed by atoms with Gasteiger partial charge in [-0.25, -0.2) is 15.0 Å². The molecule has 0 spiro atoms. The summed E-state index contributed by atoms with van der Waals surface area (Å²) in [5.74, 6) is -0.159. The Bertz CT molecular complexity index is 1150. The highest BCUT2D eigenvalue weighted by Crippen LogP contribution is 2.32. The minimum atomic E-state index is -1.42. The zero-order valence-electron chi connectivity index (χ0n) is 17.0. The van der Waals surface area contributed by atoms with Crippen LogP contribution in [0.25, 0.3) is 11.2 Å². The third kappa shape index (κ3) is 3.95. The molecule has 0 radical (unpaired) electrons. The number of aliphatic hydroxyl groups is 2. The molecule has 4 rings (SSSR count). The molecule has 2 aromatic heterocycles. The molecule has 0 aliphatic carbocycles. The van der Waals surface area contributed by atoms with E-state index in [-0.39, 0.29) is 12.2 Å². The number of aromatic nitrogens is 4. The van der Waals surface area contributed by atoms with Crippen molar-refractivity contribution in [3.05, 3.63) is 52.6 Å². The minimum absolute atomic E-state index is 0.0194. The zero-order valence-corrected chi connectivity index (χ0v) is 17.0. The van der Waals surface area contributed by atoms with Gasteiger partial charge in [0, 0.05) is 25.2 Å². The second-order valence-corrected chi connectivity index (χ2v) is 7.15. The lowest BCUT2D eigenvalue weighted by Crippen LogP contribution is -2.42. The molecule has 1 fully saturated rings. The van der Waals surface area contributed by atoms with Crippen LogP contribution in [0.2, 0.25) is 0 Å². The number of carbonyl (C=O) groups is 1. The van der Waals surface area contributed by atoms with Crippen molar-refractivity contribution in [1.82, 2.24) is 24.8 Å². The Morgan fingerprint density at radius 1 is 1.28 bits per heavy atom. The van der Waals surface area contributed by atoms with Gasteiger partial charge in [-0.05, 0) is 12.5 Å². The first-order valence-corrected chi connectivity index (χ1v) is 9.84. The van der Waals surface area contributed by atoms with Gasteiger partial charge in [0.15, 0.2) is 29.3 Å². The Hall–Kier alpha value is -3.68. The van der Waals surface area contributed by atoms with Crippen molar-refractivity contribution < 1.29 is 24.7 Å². The molecule has 13 nitrogen and oxygen atoms in total. The van der Waals surface area contributed by atoms with E-state index >= 15 is 0 Å². The summed E-state index contributed by atoms with van der Waals surface area (Å²) in [6.45, 7) is 2.34. The lowest BCUT2D eigenvalue weighted by atomic mass is 10.1. The van der Waals surface area contributed by atoms with Crippen LogP contribution in [-0.2, 0) is 16.1 Å². The minimum Gasteiger partial charge on any atom is -0.387 e. The van der Waals surface area contributed by atoms with E-state index < -0.39 is 35.4 Å². The molecule has 0 unspecified atom stereocenters. The average molecular weight is 443 g/mol. The van der Waals surface area contributed by atoms with Gasteiger partial charge in [0.1, 0.15) is 18.5 Å². The summed E-state index contributed by atoms with van der Waals surface area (Å²) in [5.41, 5.74) is 1.33. The van der Waals surface area contributed by atoms with Crippen LogP contribution in [0.15, 0.2) is 36.9 Å². The smallest absolute Gasteiger partial charge is 0.269 e. The molecule has 1 aliphatic heterocycles. The first kappa shape index (κ1) is 21.5. The number of benzene rings is 1. The summed E-state index contributed by atoms with van der Waals surface area (Å²) in [6, 6.07) is 6.19. The number of nitrogens with zero attached hydrogens (tertiary/aromatic N) is 5. The summed E-state index contributed by atoms with van der Waals surface area (Å²) in [5, 5.41) is 37.3. The van der Waals surface area contributed by atoms with Crippen molar-refractivity contribution in [2.45, 2.75) is 38.0 Å². The van der Waals surface area contributed by atoms with E-state index in [0.29, 0.717) is 29.1 Å². The average Bonchev–Trinajstić information content (AvgIpc) is 3.34. The number of fused-ring (bicyclic) bond motifs is 1. The maximum absolute atomic E-state index is 12.1. The predicted molar refractivity (Wildman–Crippen MR) is 110 cm³/mol. The summed E-state index contributed by atoms with van der Waals surface area (Å²) in [4.78, 5) is 35.2. The molecule has 168 valence electrons. The topological polar surface area (TPSA) is 178 Å². The molecule has 1 aliphatic rings. The molecule has 32 heavy (non-hydrogen) atoms. The fourth-order valence-electron chi connectivity index (χ4n) is 3.51. The second kappa shape index (κ2) is 8.82. The SMILES string of the molecule is CCNC(=O)[C@H]1O[C@@H](n2cnc3c(NCc4cccc([N+](=O)[O-])c4)ncnc32)[C@H](O)[C@@H]1O. The Labute approximate surface area is 181 Å². The molecule has 0 bridgehead atoms. The lowest BCUT2D eigenvalue weighted by molar-refractivity contribution is -0.384. The number of imidazole rings is 1. The van der Waals surface area contributed by atoms with Crippen LogP contribution in [0.3, 0.4) is 0 Å². The van der Waals surface area contributed by atoms with Crippen LogP contribution in [-0.4, -0.2) is 65.4 Å². The number of non-ortho nitro benzene ring substituents is 1. The fraction of sp³-hybridized carbons (Fsp3) is 0.368. The number of aliphatic hydroxyl groups excluding tert-OH is 2. The van der Waals surface area contributed by atoms with Crippen LogP contribution in [0.4, 0.5) is 11.5 Å². The maximum atomic E-state index is 12.1. The van der Waals surface area contributed by atoms with Gasteiger partial charge in [-0.2, -0.15) is 0 Å². The lowest BCUT2D eigenvalue weighted by Gasteiger charge is -2.16. The van der Waals surface area contributed by atoms with Crippen molar-refractivity contribution in [3.8, 4) is 0 Å². The number of rotatable bonds is 7. The van der Waals surface area contributed by atoms with Crippen LogP contribution in [0.5, 0.6) is 0 Å². The van der Waals surface area contributed by atoms with E-state index in [0.717, 1.165) is 0 Å². The van der Waals surface area contributed by atoms with Gasteiger partial charge in [-0.1, -0.05) is 12.1 Å². The van der Waals surface area contributed by atoms with Gasteiger partial charge in [0.25, 0.3) is 11.6 Å². The van der Waals surface area contributed by atoms with Crippen molar-refractivity contribution in [3.63, 3.8) is 0 Å². The molecule has 1 saturated heterocycles. The number of carbonyl (C=O) groups excluding carboxylic acids is 1. The van der Waals surface area contributed by atoms with Gasteiger partial charge in [-0.3, -0.25) is 19.5 Å². The summed E-state index contributed by atoms with van der Waals surface area (Å²) in [7, 11) is 0. The van der Waals surface area contributed by atoms with Gasteiger partial charge >= 0.3 is 0 Å². The molecule has 1 amide bonds. The largest absolute Gasteiger partial charge is 0.387 e. The number of hydrogen-bond acceptors (Lipinski definition) is 10. The molecule has 13 heteroatoms. The van der Waals surface area contributed by atoms with Gasteiger partial charge < -0.3 is 25.6 Å². The summed E-state index contributed by atoms with van der Waals surface area (Å²) in [6.07, 6.45) is -2.45. The maximum Gasteiger partial charge on any atom is 0.269 e. The van der Waals surface area contributed by atoms with Crippen LogP contribution >= 0.6 is 0 Å². The highest BCUT2D eigenvalue weighted by molar-refractivity contribution is 5.83. The Morgan fingerprint density at radius 2 is 2.09 bits per heavy atom. The van der Waals surface area contributed by atoms with Crippen molar-refractivity contribution in [2.24, 2.45) is 0 Å². The summed E-state index contributed by atoms with van der Waals surface area (Å²) < 4.78 is 7.04. The number of amides is 1. The number of nitro benzene ring substituents is 1. The standard InChI is InChI=1S/C19H21N7O6/c1-2-20-18(29)15-13(27)14(28)19(32-15)25-9-24-12-16(22-8-23-17(12)25)21-7-10-4-3-5-11(6-10)26(30)31/h3-6,8-9,13-15,19,27-28H,2,7H2,1H3,(H,20,29)(H,21,22,23)/t13-,14+,15-,19+/m0/s1. The van der Waals surface area contributed by atoms with E-state index in [1.54, 1.807) is 19.1 Å². The quantitative estimate of drug-likeness (QED) is 0.289. The third-order valence-electron chi connectivity index (χ3n) is 5.06. The Morgan fingerprint density at radius 3 is 2.84 bits per heavy atom. The van der Waals surface area contributed by atoms with Crippen LogP contribution in [0.1, 0.15) is 18.7 Å². The highest BCUT2D eigenvalue weighted by Gasteiger charge is 2.47. The van der Waals surface area contributed by atoms with Crippen LogP contribution < -0.4 is 10.6 Å². The number of likely N-dealkylation sites (N-methyl/N-ethyl adjacent to an activating group) is 1. The molecule has 1 aromatic carbocycles. The molecule has 3 heterocycles. The van der Waals surface area contributed by atoms with E-state index in [2.05, 4.69) is 25.6 Å². The fourth-order valence-corrected chi connectivity index (χ4v) is 3.51. The first-order chi connectivity index (χ1) is 15.4. The molecule has 0 saturated carbocycles. The van der Waals surface area contributed by atoms with Crippen molar-refractivity contribution in [1.29, 1.82) is 0 Å². The van der Waals surface area contributed by atoms with Crippen LogP contribution in [0, 0.1) is 10.1 Å². The molecular weight excluding hydrogens is 422 g/mol. The molecule has 4 N–H and O–H groups in total. The monoisotopic (exact) mass is 443 g/mol. The number of nitrogens with one attached hydrogen (secondary N) is 2. The first-order valence-electron chi connectivity index (χ1n) is 9.84. The van der Waals surface area contributed by atoms with Crippen molar-refractivity contribution >= 4 is 28.6 Å². The number of ether oxygens (including phenoxy) is 1. The Balaban J connectivity index is 1.56. The predicted octanol–water partition coefficient (Wildman–Crippen LogP) is 0.102. The summed E-state index contributed by atoms with van der Waals surface area (Å²) >= 11 is 0. The number of nitro groups is 1. The highest BCUT2D eigenvalue weighted by atomic mass is 16.6. The molecular formula is C19H21N7O6. The zero-order chi connectivity index (χ0) is 22.8. The third-order valence-corrected chi connectivity index (χ3v) is 5.06. The van der Waals surface area contributed by atoms with E-state index in [4.69, 9.17) is 4.74 Å². The van der Waals surface area contributed by atoms with Gasteiger partial charge in [0.2, 0.25) is 0 Å². The number of hydrogen-bond donors (Lipinski definition) is 4. The molecule has 3 aromatic rings. The Kier molecular flexibility index (Phi) is 5.94. The van der Waals surface area contributed by atoms with Gasteiger partial charge in [0.05, 0.1) is 11.3 Å². The van der Waals surface area contributed by atoms with Gasteiger partial charge in [-0.15, -0.1) is 0 Å². The molecule has 4 atom stereocenters. The van der Waals surface area contributed by atoms with Crippen molar-refractivity contribution in [2.75, 3.05) is 11.9 Å². The van der Waals surface area contributed by atoms with E-state index in [9.17, 15) is 25.1 Å². The normalized spacial score (nSPS) is 22.7. The van der Waals surface area contributed by atoms with E-state index in [1.165, 1.54) is 29.4 Å².